The molecule has 2 aromatic heterocycles. The van der Waals surface area contributed by atoms with E-state index in [0.29, 0.717) is 30.4 Å². The fraction of sp³-hybridized carbons (Fsp3) is 0.364. The molecule has 8 heteroatoms. The Morgan fingerprint density at radius 1 is 1.27 bits per heavy atom. The molecule has 4 rings (SSSR count). The molecule has 1 aliphatic heterocycles. The van der Waals surface area contributed by atoms with Crippen LogP contribution in [0, 0.1) is 5.92 Å². The van der Waals surface area contributed by atoms with Gasteiger partial charge in [0.2, 0.25) is 0 Å². The van der Waals surface area contributed by atoms with Crippen molar-refractivity contribution in [1.82, 2.24) is 20.1 Å². The Balaban J connectivity index is 1.56. The van der Waals surface area contributed by atoms with Crippen molar-refractivity contribution in [1.29, 1.82) is 0 Å². The molecule has 1 aromatic carbocycles. The highest BCUT2D eigenvalue weighted by Crippen LogP contribution is 2.34. The number of H-pyrrole nitrogens is 1. The van der Waals surface area contributed by atoms with Crippen LogP contribution in [0.1, 0.15) is 43.9 Å². The van der Waals surface area contributed by atoms with Crippen LogP contribution in [-0.4, -0.2) is 38.4 Å². The van der Waals surface area contributed by atoms with Gasteiger partial charge in [0.05, 0.1) is 29.6 Å². The number of nitrogens with one attached hydrogen (secondary N) is 2. The smallest absolute Gasteiger partial charge is 0.313 e. The van der Waals surface area contributed by atoms with Crippen LogP contribution in [0.15, 0.2) is 36.7 Å². The number of likely N-dealkylation sites (tertiary alicyclic amines) is 1. The van der Waals surface area contributed by atoms with Gasteiger partial charge in [0.15, 0.2) is 0 Å². The number of rotatable bonds is 3. The summed E-state index contributed by atoms with van der Waals surface area (Å²) in [5.41, 5.74) is 9.09. The lowest BCUT2D eigenvalue weighted by Gasteiger charge is -2.38. The number of benzene rings is 1. The maximum Gasteiger partial charge on any atom is 0.313 e. The van der Waals surface area contributed by atoms with Gasteiger partial charge in [-0.05, 0) is 54.5 Å². The summed E-state index contributed by atoms with van der Waals surface area (Å²) < 4.78 is 0. The number of carbonyl (C=O) groups excluding carboxylic acids is 2. The van der Waals surface area contributed by atoms with Crippen LogP contribution in [0.5, 0.6) is 0 Å². The van der Waals surface area contributed by atoms with Gasteiger partial charge in [-0.3, -0.25) is 14.7 Å². The van der Waals surface area contributed by atoms with Crippen LogP contribution in [0.2, 0.25) is 0 Å². The topological polar surface area (TPSA) is 117 Å². The third-order valence-corrected chi connectivity index (χ3v) is 5.76. The second kappa shape index (κ2) is 8.14. The van der Waals surface area contributed by atoms with Crippen LogP contribution in [-0.2, 0) is 16.0 Å². The second-order valence-electron chi connectivity index (χ2n) is 7.95. The van der Waals surface area contributed by atoms with Crippen LogP contribution in [0.25, 0.3) is 10.9 Å². The first-order valence-corrected chi connectivity index (χ1v) is 10.3. The number of aromatic nitrogens is 3. The molecule has 0 unspecified atom stereocenters. The van der Waals surface area contributed by atoms with Gasteiger partial charge in [-0.2, -0.15) is 5.10 Å². The maximum absolute atomic E-state index is 13.1. The number of amides is 2. The Hall–Kier alpha value is -3.42. The SMILES string of the molecule is CCc1cc(NC(=O)C(=O)N2C[C@@H](C)CC[C@@H]2c2ccc3[nH]ncc3c2)cnc1N. The first-order chi connectivity index (χ1) is 14.5. The van der Waals surface area contributed by atoms with Crippen molar-refractivity contribution in [2.45, 2.75) is 39.2 Å². The third-order valence-electron chi connectivity index (χ3n) is 5.76. The van der Waals surface area contributed by atoms with Crippen molar-refractivity contribution in [3.8, 4) is 0 Å². The van der Waals surface area contributed by atoms with Gasteiger partial charge in [0, 0.05) is 11.9 Å². The summed E-state index contributed by atoms with van der Waals surface area (Å²) in [6.45, 7) is 4.60. The van der Waals surface area contributed by atoms with E-state index < -0.39 is 11.8 Å². The number of nitrogens with zero attached hydrogens (tertiary/aromatic N) is 3. The Labute approximate surface area is 174 Å². The lowest BCUT2D eigenvalue weighted by molar-refractivity contribution is -0.146. The highest BCUT2D eigenvalue weighted by atomic mass is 16.2. The number of pyridine rings is 1. The summed E-state index contributed by atoms with van der Waals surface area (Å²) in [4.78, 5) is 31.7. The highest BCUT2D eigenvalue weighted by molar-refractivity contribution is 6.39. The van der Waals surface area contributed by atoms with Crippen LogP contribution >= 0.6 is 0 Å². The van der Waals surface area contributed by atoms with Crippen molar-refractivity contribution in [2.24, 2.45) is 5.92 Å². The lowest BCUT2D eigenvalue weighted by atomic mass is 9.89. The van der Waals surface area contributed by atoms with E-state index in [2.05, 4.69) is 27.4 Å². The Kier molecular flexibility index (Phi) is 5.39. The van der Waals surface area contributed by atoms with E-state index in [1.165, 1.54) is 6.20 Å². The van der Waals surface area contributed by atoms with E-state index in [1.54, 1.807) is 17.2 Å². The number of aryl methyl sites for hydroxylation is 1. The number of fused-ring (bicyclic) bond motifs is 1. The molecule has 0 bridgehead atoms. The minimum absolute atomic E-state index is 0.144. The number of hydrogen-bond donors (Lipinski definition) is 3. The van der Waals surface area contributed by atoms with Gasteiger partial charge < -0.3 is 16.0 Å². The average Bonchev–Trinajstić information content (AvgIpc) is 3.22. The molecule has 2 amide bonds. The zero-order chi connectivity index (χ0) is 21.3. The highest BCUT2D eigenvalue weighted by Gasteiger charge is 2.34. The predicted octanol–water partition coefficient (Wildman–Crippen LogP) is 3.04. The molecular formula is C22H26N6O2. The van der Waals surface area contributed by atoms with Crippen molar-refractivity contribution in [3.05, 3.63) is 47.8 Å². The quantitative estimate of drug-likeness (QED) is 0.578. The van der Waals surface area contributed by atoms with Crippen LogP contribution in [0.4, 0.5) is 11.5 Å². The van der Waals surface area contributed by atoms with Gasteiger partial charge in [0.25, 0.3) is 0 Å². The number of piperidine rings is 1. The normalized spacial score (nSPS) is 19.1. The zero-order valence-electron chi connectivity index (χ0n) is 17.2. The largest absolute Gasteiger partial charge is 0.383 e. The number of hydrogen-bond acceptors (Lipinski definition) is 5. The monoisotopic (exact) mass is 406 g/mol. The molecule has 0 saturated carbocycles. The van der Waals surface area contributed by atoms with E-state index in [0.717, 1.165) is 34.9 Å². The fourth-order valence-corrected chi connectivity index (χ4v) is 4.08. The summed E-state index contributed by atoms with van der Waals surface area (Å²) in [7, 11) is 0. The number of nitrogen functional groups attached to an aromatic ring is 1. The molecule has 30 heavy (non-hydrogen) atoms. The Bertz CT molecular complexity index is 1090. The molecule has 8 nitrogen and oxygen atoms in total. The molecule has 0 radical (unpaired) electrons. The summed E-state index contributed by atoms with van der Waals surface area (Å²) in [6, 6.07) is 7.61. The molecule has 1 fully saturated rings. The van der Waals surface area contributed by atoms with Crippen LogP contribution in [0.3, 0.4) is 0 Å². The first kappa shape index (κ1) is 19.9. The lowest BCUT2D eigenvalue weighted by Crippen LogP contribution is -2.46. The van der Waals surface area contributed by atoms with Gasteiger partial charge >= 0.3 is 11.8 Å². The minimum Gasteiger partial charge on any atom is -0.383 e. The van der Waals surface area contributed by atoms with Crippen LogP contribution < -0.4 is 11.1 Å². The van der Waals surface area contributed by atoms with Gasteiger partial charge in [-0.25, -0.2) is 4.98 Å². The molecule has 3 heterocycles. The summed E-state index contributed by atoms with van der Waals surface area (Å²) in [6.07, 6.45) is 5.75. The number of anilines is 2. The molecule has 0 spiro atoms. The molecule has 0 aliphatic carbocycles. The number of carbonyl (C=O) groups is 2. The predicted molar refractivity (Wildman–Crippen MR) is 116 cm³/mol. The summed E-state index contributed by atoms with van der Waals surface area (Å²) in [5.74, 6) is -0.428. The molecule has 3 aromatic rings. The number of nitrogens with two attached hydrogens (primary N) is 1. The third kappa shape index (κ3) is 3.85. The number of aromatic amines is 1. The first-order valence-electron chi connectivity index (χ1n) is 10.3. The van der Waals surface area contributed by atoms with E-state index in [1.807, 2.05) is 25.1 Å². The molecule has 2 atom stereocenters. The van der Waals surface area contributed by atoms with Crippen molar-refractivity contribution in [2.75, 3.05) is 17.6 Å². The molecule has 1 saturated heterocycles. The fourth-order valence-electron chi connectivity index (χ4n) is 4.08. The van der Waals surface area contributed by atoms with Gasteiger partial charge in [-0.15, -0.1) is 0 Å². The minimum atomic E-state index is -0.660. The summed E-state index contributed by atoms with van der Waals surface area (Å²) >= 11 is 0. The molecule has 1 aliphatic rings. The van der Waals surface area contributed by atoms with Crippen molar-refractivity contribution in [3.63, 3.8) is 0 Å². The van der Waals surface area contributed by atoms with Gasteiger partial charge in [0.1, 0.15) is 5.82 Å². The Morgan fingerprint density at radius 2 is 2.10 bits per heavy atom. The van der Waals surface area contributed by atoms with E-state index in [-0.39, 0.29) is 6.04 Å². The van der Waals surface area contributed by atoms with E-state index in [4.69, 9.17) is 5.73 Å². The van der Waals surface area contributed by atoms with E-state index >= 15 is 0 Å². The van der Waals surface area contributed by atoms with Gasteiger partial charge in [-0.1, -0.05) is 19.9 Å². The van der Waals surface area contributed by atoms with Crippen molar-refractivity contribution >= 4 is 34.2 Å². The van der Waals surface area contributed by atoms with Crippen molar-refractivity contribution < 1.29 is 9.59 Å². The summed E-state index contributed by atoms with van der Waals surface area (Å²) in [5, 5.41) is 10.7. The van der Waals surface area contributed by atoms with E-state index in [9.17, 15) is 9.59 Å². The molecule has 156 valence electrons. The zero-order valence-corrected chi connectivity index (χ0v) is 17.2. The Morgan fingerprint density at radius 3 is 2.90 bits per heavy atom. The maximum atomic E-state index is 13.1. The average molecular weight is 406 g/mol. The molecule has 4 N–H and O–H groups in total. The standard InChI is InChI=1S/C22H26N6O2/c1-3-14-9-17(11-24-20(14)23)26-21(29)22(30)28-12-13(2)4-7-19(28)15-5-6-18-16(8-15)10-25-27-18/h5-6,8-11,13,19H,3-4,7,12H2,1-2H3,(H2,23,24)(H,25,27)(H,26,29)/t13-,19+/m0/s1. The molecular weight excluding hydrogens is 380 g/mol. The second-order valence-corrected chi connectivity index (χ2v) is 7.95.